The molecule has 0 fully saturated rings. The van der Waals surface area contributed by atoms with Gasteiger partial charge in [-0.05, 0) is 81.1 Å². The average molecular weight is 387 g/mol. The van der Waals surface area contributed by atoms with E-state index < -0.39 is 0 Å². The summed E-state index contributed by atoms with van der Waals surface area (Å²) in [7, 11) is 0. The minimum atomic E-state index is -0.321. The molecule has 29 heavy (non-hydrogen) atoms. The number of hydrogen-bond donors (Lipinski definition) is 0. The number of benzene rings is 2. The van der Waals surface area contributed by atoms with E-state index in [2.05, 4.69) is 24.5 Å². The van der Waals surface area contributed by atoms with Crippen molar-refractivity contribution in [3.8, 4) is 23.7 Å². The van der Waals surface area contributed by atoms with Gasteiger partial charge in [-0.2, -0.15) is 5.26 Å². The highest BCUT2D eigenvalue weighted by molar-refractivity contribution is 5.86. The third-order valence-electron chi connectivity index (χ3n) is 4.11. The van der Waals surface area contributed by atoms with Gasteiger partial charge in [0.1, 0.15) is 5.75 Å². The molecule has 4 nitrogen and oxygen atoms in total. The van der Waals surface area contributed by atoms with Crippen molar-refractivity contribution >= 4 is 5.97 Å². The van der Waals surface area contributed by atoms with Crippen molar-refractivity contribution < 1.29 is 14.3 Å². The fourth-order valence-corrected chi connectivity index (χ4v) is 2.44. The van der Waals surface area contributed by atoms with Gasteiger partial charge in [0, 0.05) is 16.7 Å². The highest BCUT2D eigenvalue weighted by Crippen LogP contribution is 2.13. The monoisotopic (exact) mass is 387 g/mol. The summed E-state index contributed by atoms with van der Waals surface area (Å²) in [6, 6.07) is 17.0. The van der Waals surface area contributed by atoms with Crippen molar-refractivity contribution in [2.75, 3.05) is 13.2 Å². The second-order valence-corrected chi connectivity index (χ2v) is 6.64. The largest absolute Gasteiger partial charge is 0.494 e. The van der Waals surface area contributed by atoms with Gasteiger partial charge in [-0.1, -0.05) is 18.4 Å². The lowest BCUT2D eigenvalue weighted by molar-refractivity contribution is -0.139. The molecule has 0 atom stereocenters. The van der Waals surface area contributed by atoms with Gasteiger partial charge in [-0.15, -0.1) is 0 Å². The zero-order valence-electron chi connectivity index (χ0n) is 16.7. The Kier molecular flexibility index (Phi) is 9.06. The smallest absolute Gasteiger partial charge is 0.333 e. The van der Waals surface area contributed by atoms with Crippen LogP contribution in [0.3, 0.4) is 0 Å². The summed E-state index contributed by atoms with van der Waals surface area (Å²) >= 11 is 0. The first-order valence-electron chi connectivity index (χ1n) is 9.66. The van der Waals surface area contributed by atoms with E-state index in [1.807, 2.05) is 36.4 Å². The summed E-state index contributed by atoms with van der Waals surface area (Å²) in [6.45, 7) is 6.29. The van der Waals surface area contributed by atoms with E-state index in [9.17, 15) is 4.79 Å². The van der Waals surface area contributed by atoms with E-state index in [-0.39, 0.29) is 5.97 Å². The van der Waals surface area contributed by atoms with Gasteiger partial charge < -0.3 is 9.47 Å². The van der Waals surface area contributed by atoms with E-state index in [0.717, 1.165) is 42.6 Å². The molecule has 4 heteroatoms. The first-order chi connectivity index (χ1) is 14.1. The zero-order valence-corrected chi connectivity index (χ0v) is 16.7. The maximum atomic E-state index is 11.2. The van der Waals surface area contributed by atoms with Crippen LogP contribution in [0.2, 0.25) is 0 Å². The van der Waals surface area contributed by atoms with Crippen LogP contribution in [-0.2, 0) is 9.53 Å². The summed E-state index contributed by atoms with van der Waals surface area (Å²) in [6.07, 6.45) is 3.83. The van der Waals surface area contributed by atoms with Crippen LogP contribution in [0.25, 0.3) is 0 Å². The first-order valence-corrected chi connectivity index (χ1v) is 9.66. The molecule has 0 unspecified atom stereocenters. The quantitative estimate of drug-likeness (QED) is 0.262. The van der Waals surface area contributed by atoms with Crippen molar-refractivity contribution in [3.63, 3.8) is 0 Å². The third kappa shape index (κ3) is 8.37. The number of carbonyl (C=O) groups excluding carboxylic acids is 1. The molecule has 0 aliphatic carbocycles. The minimum Gasteiger partial charge on any atom is -0.494 e. The van der Waals surface area contributed by atoms with E-state index in [0.29, 0.717) is 24.4 Å². The van der Waals surface area contributed by atoms with Gasteiger partial charge in [0.25, 0.3) is 0 Å². The Hall–Kier alpha value is -3.50. The van der Waals surface area contributed by atoms with E-state index in [1.54, 1.807) is 19.1 Å². The lowest BCUT2D eigenvalue weighted by Gasteiger charge is -2.07. The zero-order chi connectivity index (χ0) is 20.9. The van der Waals surface area contributed by atoms with Crippen molar-refractivity contribution in [2.45, 2.75) is 32.6 Å². The van der Waals surface area contributed by atoms with Gasteiger partial charge in [0.2, 0.25) is 0 Å². The van der Waals surface area contributed by atoms with Gasteiger partial charge in [-0.3, -0.25) is 0 Å². The Morgan fingerprint density at radius 3 is 1.93 bits per heavy atom. The highest BCUT2D eigenvalue weighted by Gasteiger charge is 2.02. The summed E-state index contributed by atoms with van der Waals surface area (Å²) in [5.74, 6) is 6.69. The van der Waals surface area contributed by atoms with Crippen molar-refractivity contribution in [2.24, 2.45) is 0 Å². The summed E-state index contributed by atoms with van der Waals surface area (Å²) in [5, 5.41) is 8.81. The highest BCUT2D eigenvalue weighted by atomic mass is 16.5. The van der Waals surface area contributed by atoms with Crippen molar-refractivity contribution in [3.05, 3.63) is 77.4 Å². The van der Waals surface area contributed by atoms with Crippen LogP contribution in [0, 0.1) is 23.2 Å². The molecule has 0 saturated heterocycles. The van der Waals surface area contributed by atoms with Gasteiger partial charge in [0.05, 0.1) is 24.8 Å². The summed E-state index contributed by atoms with van der Waals surface area (Å²) in [4.78, 5) is 11.2. The second kappa shape index (κ2) is 12.1. The van der Waals surface area contributed by atoms with Crippen LogP contribution in [0.4, 0.5) is 0 Å². The molecule has 0 N–H and O–H groups in total. The molecule has 2 rings (SSSR count). The lowest BCUT2D eigenvalue weighted by atomic mass is 10.1. The number of esters is 1. The van der Waals surface area contributed by atoms with Crippen LogP contribution in [0.5, 0.6) is 5.75 Å². The van der Waals surface area contributed by atoms with E-state index >= 15 is 0 Å². The Labute approximate surface area is 172 Å². The number of hydrogen-bond acceptors (Lipinski definition) is 4. The van der Waals surface area contributed by atoms with Crippen LogP contribution >= 0.6 is 0 Å². The molecule has 0 spiro atoms. The summed E-state index contributed by atoms with van der Waals surface area (Å²) < 4.78 is 10.8. The third-order valence-corrected chi connectivity index (χ3v) is 4.11. The Balaban J connectivity index is 1.64. The molecule has 0 aliphatic heterocycles. The molecule has 0 radical (unpaired) electrons. The van der Waals surface area contributed by atoms with Crippen LogP contribution < -0.4 is 4.74 Å². The van der Waals surface area contributed by atoms with E-state index in [4.69, 9.17) is 14.7 Å². The molecule has 0 bridgehead atoms. The maximum Gasteiger partial charge on any atom is 0.333 e. The topological polar surface area (TPSA) is 59.3 Å². The van der Waals surface area contributed by atoms with Crippen molar-refractivity contribution in [1.29, 1.82) is 5.26 Å². The van der Waals surface area contributed by atoms with E-state index in [1.165, 1.54) is 0 Å². The normalized spacial score (nSPS) is 9.66. The number of ether oxygens (including phenoxy) is 2. The van der Waals surface area contributed by atoms with Crippen molar-refractivity contribution in [1.82, 2.24) is 0 Å². The molecule has 0 amide bonds. The van der Waals surface area contributed by atoms with Gasteiger partial charge in [0.15, 0.2) is 0 Å². The average Bonchev–Trinajstić information content (AvgIpc) is 2.75. The molecule has 0 saturated carbocycles. The molecular weight excluding hydrogens is 362 g/mol. The second-order valence-electron chi connectivity index (χ2n) is 6.64. The number of carbonyl (C=O) groups is 1. The molecule has 0 aliphatic rings. The summed E-state index contributed by atoms with van der Waals surface area (Å²) in [5.41, 5.74) is 2.85. The SMILES string of the molecule is C=C(C)C(=O)OCCCCCCOc1ccc(C#Cc2ccc(C#N)cc2)cc1. The Bertz CT molecular complexity index is 910. The molecule has 2 aromatic rings. The standard InChI is InChI=1S/C25H25NO3/c1-20(2)25(27)29-18-6-4-3-5-17-28-24-15-13-22(14-16-24)8-7-21-9-11-23(19-26)12-10-21/h9-16H,1,3-6,17-18H2,2H3. The lowest BCUT2D eigenvalue weighted by Crippen LogP contribution is -2.06. The molecule has 148 valence electrons. The number of nitriles is 1. The van der Waals surface area contributed by atoms with Gasteiger partial charge >= 0.3 is 5.97 Å². The predicted molar refractivity (Wildman–Crippen MR) is 113 cm³/mol. The number of nitrogens with zero attached hydrogens (tertiary/aromatic N) is 1. The number of rotatable bonds is 9. The molecule has 0 heterocycles. The fraction of sp³-hybridized carbons (Fsp3) is 0.280. The minimum absolute atomic E-state index is 0.321. The van der Waals surface area contributed by atoms with Crippen LogP contribution in [-0.4, -0.2) is 19.2 Å². The molecular formula is C25H25NO3. The maximum absolute atomic E-state index is 11.2. The number of unbranched alkanes of at least 4 members (excludes halogenated alkanes) is 3. The Morgan fingerprint density at radius 1 is 0.862 bits per heavy atom. The fourth-order valence-electron chi connectivity index (χ4n) is 2.44. The first kappa shape index (κ1) is 21.8. The van der Waals surface area contributed by atoms with Gasteiger partial charge in [-0.25, -0.2) is 4.79 Å². The predicted octanol–water partition coefficient (Wildman–Crippen LogP) is 5.02. The van der Waals surface area contributed by atoms with Crippen LogP contribution in [0.1, 0.15) is 49.3 Å². The van der Waals surface area contributed by atoms with Crippen LogP contribution in [0.15, 0.2) is 60.7 Å². The molecule has 2 aromatic carbocycles. The Morgan fingerprint density at radius 2 is 1.38 bits per heavy atom. The molecule has 0 aromatic heterocycles.